The monoisotopic (exact) mass is 532 g/mol. The molecule has 1 aliphatic heterocycles. The Balaban J connectivity index is 2.53. The van der Waals surface area contributed by atoms with E-state index in [0.29, 0.717) is 12.5 Å². The van der Waals surface area contributed by atoms with Crippen LogP contribution < -0.4 is 0 Å². The van der Waals surface area contributed by atoms with Gasteiger partial charge in [0.15, 0.2) is 18.5 Å². The molecule has 0 aromatic heterocycles. The minimum Gasteiger partial charge on any atom is -0.453 e. The van der Waals surface area contributed by atoms with E-state index < -0.39 is 73.6 Å². The molecule has 0 radical (unpaired) electrons. The molecule has 0 amide bonds. The molecule has 33 heavy (non-hydrogen) atoms. The van der Waals surface area contributed by atoms with E-state index in [1.807, 2.05) is 0 Å². The molecule has 0 aliphatic carbocycles. The predicted octanol–water partition coefficient (Wildman–Crippen LogP) is -0.751. The fourth-order valence-electron chi connectivity index (χ4n) is 2.92. The lowest BCUT2D eigenvalue weighted by Crippen LogP contribution is -2.62. The van der Waals surface area contributed by atoms with Gasteiger partial charge in [0.2, 0.25) is 0 Å². The second kappa shape index (κ2) is 10.7. The second-order valence-electron chi connectivity index (χ2n) is 7.03. The van der Waals surface area contributed by atoms with E-state index in [-0.39, 0.29) is 5.56 Å². The maximum Gasteiger partial charge on any atom is 0.338 e. The lowest BCUT2D eigenvalue weighted by Gasteiger charge is -2.43. The van der Waals surface area contributed by atoms with Crippen LogP contribution in [0, 0.1) is 0 Å². The van der Waals surface area contributed by atoms with Crippen LogP contribution in [0.1, 0.15) is 10.4 Å². The number of benzene rings is 1. The van der Waals surface area contributed by atoms with Gasteiger partial charge in [-0.15, -0.1) is 0 Å². The zero-order chi connectivity index (χ0) is 25.0. The molecule has 16 heteroatoms. The summed E-state index contributed by atoms with van der Waals surface area (Å²) in [4.78, 5) is 12.7. The smallest absolute Gasteiger partial charge is 0.338 e. The Kier molecular flexibility index (Phi) is 8.97. The van der Waals surface area contributed by atoms with Gasteiger partial charge < -0.3 is 14.2 Å². The quantitative estimate of drug-likeness (QED) is 0.272. The molecule has 1 fully saturated rings. The van der Waals surface area contributed by atoms with Gasteiger partial charge in [0, 0.05) is 7.11 Å². The standard InChI is InChI=1S/C17H24O13S3/c1-25-17-15(30-33(4,23)24)14(28-16(18)11-8-6-5-7-9-11)13(29-32(3,21)22)12(27-17)10-26-31(2,19)20/h5-9,12-15,17H,10H2,1-4H3/t12-,13-,14+,15-,17+/m1/s1. The van der Waals surface area contributed by atoms with E-state index in [4.69, 9.17) is 26.8 Å². The summed E-state index contributed by atoms with van der Waals surface area (Å²) in [5.41, 5.74) is 0.0538. The summed E-state index contributed by atoms with van der Waals surface area (Å²) in [5.74, 6) is -0.968. The molecule has 5 atom stereocenters. The first-order chi connectivity index (χ1) is 15.1. The molecule has 1 aliphatic rings. The highest BCUT2D eigenvalue weighted by atomic mass is 32.2. The van der Waals surface area contributed by atoms with Crippen LogP contribution in [0.2, 0.25) is 0 Å². The zero-order valence-electron chi connectivity index (χ0n) is 18.0. The molecule has 13 nitrogen and oxygen atoms in total. The van der Waals surface area contributed by atoms with Crippen molar-refractivity contribution < 1.29 is 56.8 Å². The number of ether oxygens (including phenoxy) is 3. The molecule has 1 saturated heterocycles. The third-order valence-corrected chi connectivity index (χ3v) is 5.80. The van der Waals surface area contributed by atoms with E-state index in [9.17, 15) is 30.0 Å². The van der Waals surface area contributed by atoms with Gasteiger partial charge in [-0.25, -0.2) is 4.79 Å². The number of carbonyl (C=O) groups is 1. The lowest BCUT2D eigenvalue weighted by atomic mass is 9.99. The Morgan fingerprint density at radius 3 is 1.88 bits per heavy atom. The summed E-state index contributed by atoms with van der Waals surface area (Å²) in [6, 6.07) is 7.51. The molecule has 1 aromatic rings. The third-order valence-electron chi connectivity index (χ3n) is 4.09. The first kappa shape index (κ1) is 27.6. The van der Waals surface area contributed by atoms with Crippen LogP contribution in [-0.2, 0) is 57.1 Å². The normalized spacial score (nSPS) is 26.6. The Labute approximate surface area is 192 Å². The number of hydrogen-bond acceptors (Lipinski definition) is 13. The number of hydrogen-bond donors (Lipinski definition) is 0. The minimum absolute atomic E-state index is 0.0538. The highest BCUT2D eigenvalue weighted by Crippen LogP contribution is 2.31. The molecule has 0 N–H and O–H groups in total. The van der Waals surface area contributed by atoms with E-state index in [0.717, 1.165) is 13.4 Å². The molecular formula is C17H24O13S3. The van der Waals surface area contributed by atoms with Crippen LogP contribution in [0.15, 0.2) is 30.3 Å². The Hall–Kier alpha value is -1.66. The average molecular weight is 533 g/mol. The summed E-state index contributed by atoms with van der Waals surface area (Å²) in [7, 11) is -11.3. The van der Waals surface area contributed by atoms with E-state index in [1.54, 1.807) is 6.07 Å². The minimum atomic E-state index is -4.26. The second-order valence-corrected chi connectivity index (χ2v) is 11.9. The number of methoxy groups -OCH3 is 1. The molecule has 0 bridgehead atoms. The summed E-state index contributed by atoms with van der Waals surface area (Å²) in [6.45, 7) is -0.760. The topological polar surface area (TPSA) is 175 Å². The summed E-state index contributed by atoms with van der Waals surface area (Å²) in [6.07, 6.45) is -6.10. The van der Waals surface area contributed by atoms with Crippen LogP contribution >= 0.6 is 0 Å². The summed E-state index contributed by atoms with van der Waals surface area (Å²) < 4.78 is 101. The molecule has 0 spiro atoms. The third kappa shape index (κ3) is 8.90. The van der Waals surface area contributed by atoms with Crippen molar-refractivity contribution in [1.29, 1.82) is 0 Å². The zero-order valence-corrected chi connectivity index (χ0v) is 20.5. The highest BCUT2D eigenvalue weighted by Gasteiger charge is 2.53. The van der Waals surface area contributed by atoms with Gasteiger partial charge in [-0.1, -0.05) is 18.2 Å². The molecule has 0 unspecified atom stereocenters. The van der Waals surface area contributed by atoms with Crippen LogP contribution in [-0.4, -0.2) is 94.4 Å². The van der Waals surface area contributed by atoms with E-state index >= 15 is 0 Å². The van der Waals surface area contributed by atoms with Crippen molar-refractivity contribution in [1.82, 2.24) is 0 Å². The van der Waals surface area contributed by atoms with Gasteiger partial charge in [0.05, 0.1) is 30.9 Å². The number of rotatable bonds is 10. The van der Waals surface area contributed by atoms with Gasteiger partial charge >= 0.3 is 5.97 Å². The van der Waals surface area contributed by atoms with Crippen LogP contribution in [0.4, 0.5) is 0 Å². The summed E-state index contributed by atoms with van der Waals surface area (Å²) in [5, 5.41) is 0. The van der Waals surface area contributed by atoms with Crippen molar-refractivity contribution in [3.8, 4) is 0 Å². The largest absolute Gasteiger partial charge is 0.453 e. The highest BCUT2D eigenvalue weighted by molar-refractivity contribution is 7.86. The average Bonchev–Trinajstić information content (AvgIpc) is 2.67. The number of carbonyl (C=O) groups excluding carboxylic acids is 1. The summed E-state index contributed by atoms with van der Waals surface area (Å²) >= 11 is 0. The molecular weight excluding hydrogens is 508 g/mol. The van der Waals surface area contributed by atoms with E-state index in [1.165, 1.54) is 24.3 Å². The lowest BCUT2D eigenvalue weighted by molar-refractivity contribution is -0.281. The Morgan fingerprint density at radius 2 is 1.39 bits per heavy atom. The van der Waals surface area contributed by atoms with Gasteiger partial charge in [-0.05, 0) is 12.1 Å². The van der Waals surface area contributed by atoms with E-state index in [2.05, 4.69) is 0 Å². The first-order valence-electron chi connectivity index (χ1n) is 9.15. The van der Waals surface area contributed by atoms with Crippen molar-refractivity contribution in [2.24, 2.45) is 0 Å². The van der Waals surface area contributed by atoms with Gasteiger partial charge in [0.1, 0.15) is 12.2 Å². The maximum atomic E-state index is 12.7. The van der Waals surface area contributed by atoms with Crippen molar-refractivity contribution in [3.63, 3.8) is 0 Å². The molecule has 1 heterocycles. The van der Waals surface area contributed by atoms with Crippen molar-refractivity contribution in [2.45, 2.75) is 30.7 Å². The Bertz CT molecular complexity index is 1130. The molecule has 188 valence electrons. The van der Waals surface area contributed by atoms with Crippen LogP contribution in [0.5, 0.6) is 0 Å². The molecule has 0 saturated carbocycles. The van der Waals surface area contributed by atoms with Crippen molar-refractivity contribution in [2.75, 3.05) is 32.5 Å². The van der Waals surface area contributed by atoms with Crippen LogP contribution in [0.3, 0.4) is 0 Å². The van der Waals surface area contributed by atoms with Crippen molar-refractivity contribution >= 4 is 36.3 Å². The fraction of sp³-hybridized carbons (Fsp3) is 0.588. The van der Waals surface area contributed by atoms with Gasteiger partial charge in [-0.3, -0.25) is 12.5 Å². The first-order valence-corrected chi connectivity index (χ1v) is 14.6. The fourth-order valence-corrected chi connectivity index (χ4v) is 4.54. The number of esters is 1. The predicted molar refractivity (Wildman–Crippen MR) is 112 cm³/mol. The van der Waals surface area contributed by atoms with Crippen molar-refractivity contribution in [3.05, 3.63) is 35.9 Å². The maximum absolute atomic E-state index is 12.7. The van der Waals surface area contributed by atoms with Gasteiger partial charge in [-0.2, -0.15) is 25.3 Å². The van der Waals surface area contributed by atoms with Crippen LogP contribution in [0.25, 0.3) is 0 Å². The molecule has 2 rings (SSSR count). The van der Waals surface area contributed by atoms with Gasteiger partial charge in [0.25, 0.3) is 30.4 Å². The molecule has 1 aromatic carbocycles. The Morgan fingerprint density at radius 1 is 0.848 bits per heavy atom. The SMILES string of the molecule is CO[C@H]1O[C@H](COS(C)(=O)=O)[C@@H](OS(C)(=O)=O)[C@H](OC(=O)c2ccccc2)[C@H]1OS(C)(=O)=O.